The minimum atomic E-state index is 0.407. The van der Waals surface area contributed by atoms with Crippen molar-refractivity contribution >= 4 is 0 Å². The predicted molar refractivity (Wildman–Crippen MR) is 63.9 cm³/mol. The quantitative estimate of drug-likeness (QED) is 0.728. The van der Waals surface area contributed by atoms with Crippen LogP contribution in [0.25, 0.3) is 0 Å². The zero-order valence-corrected chi connectivity index (χ0v) is 10.4. The Morgan fingerprint density at radius 3 is 2.73 bits per heavy atom. The van der Waals surface area contributed by atoms with Gasteiger partial charge in [0, 0.05) is 32.0 Å². The second-order valence-corrected chi connectivity index (χ2v) is 4.86. The van der Waals surface area contributed by atoms with Gasteiger partial charge in [0.1, 0.15) is 5.82 Å². The van der Waals surface area contributed by atoms with E-state index in [4.69, 9.17) is 0 Å². The number of nitrogens with one attached hydrogen (secondary N) is 1. The second kappa shape index (κ2) is 5.31. The summed E-state index contributed by atoms with van der Waals surface area (Å²) in [4.78, 5) is 4.20. The topological polar surface area (TPSA) is 29.9 Å². The van der Waals surface area contributed by atoms with Crippen LogP contribution in [0.15, 0.2) is 12.4 Å². The van der Waals surface area contributed by atoms with E-state index in [1.54, 1.807) is 0 Å². The first kappa shape index (κ1) is 12.2. The van der Waals surface area contributed by atoms with Gasteiger partial charge in [-0.1, -0.05) is 20.8 Å². The number of rotatable bonds is 6. The minimum Gasteiger partial charge on any atom is -0.334 e. The van der Waals surface area contributed by atoms with Crippen molar-refractivity contribution in [3.63, 3.8) is 0 Å². The van der Waals surface area contributed by atoms with Gasteiger partial charge in [0.25, 0.3) is 0 Å². The normalized spacial score (nSPS) is 12.0. The molecule has 1 aromatic rings. The molecule has 15 heavy (non-hydrogen) atoms. The average Bonchev–Trinajstić information content (AvgIpc) is 2.59. The highest BCUT2D eigenvalue weighted by Crippen LogP contribution is 2.17. The number of imidazole rings is 1. The third kappa shape index (κ3) is 4.04. The van der Waals surface area contributed by atoms with Gasteiger partial charge < -0.3 is 9.88 Å². The molecule has 0 saturated carbocycles. The van der Waals surface area contributed by atoms with Crippen LogP contribution in [-0.2, 0) is 6.54 Å². The van der Waals surface area contributed by atoms with Crippen molar-refractivity contribution in [3.8, 4) is 0 Å². The molecular formula is C12H23N3. The van der Waals surface area contributed by atoms with E-state index < -0.39 is 0 Å². The Bertz CT molecular complexity index is 289. The van der Waals surface area contributed by atoms with Crippen molar-refractivity contribution in [2.75, 3.05) is 13.1 Å². The first-order valence-electron chi connectivity index (χ1n) is 5.73. The van der Waals surface area contributed by atoms with Crippen LogP contribution < -0.4 is 5.32 Å². The van der Waals surface area contributed by atoms with E-state index in [1.807, 2.05) is 19.3 Å². The highest BCUT2D eigenvalue weighted by Gasteiger charge is 2.13. The molecule has 0 atom stereocenters. The maximum atomic E-state index is 4.20. The largest absolute Gasteiger partial charge is 0.334 e. The third-order valence-corrected chi connectivity index (χ3v) is 3.01. The molecule has 3 nitrogen and oxygen atoms in total. The Labute approximate surface area is 92.9 Å². The molecule has 3 heteroatoms. The van der Waals surface area contributed by atoms with E-state index in [9.17, 15) is 0 Å². The number of aryl methyl sites for hydroxylation is 1. The molecule has 0 aliphatic carbocycles. The van der Waals surface area contributed by atoms with E-state index in [-0.39, 0.29) is 0 Å². The Hall–Kier alpha value is -0.830. The first-order chi connectivity index (χ1) is 7.05. The maximum absolute atomic E-state index is 4.20. The lowest BCUT2D eigenvalue weighted by atomic mass is 9.90. The smallest absolute Gasteiger partial charge is 0.105 e. The third-order valence-electron chi connectivity index (χ3n) is 3.01. The Morgan fingerprint density at radius 1 is 1.47 bits per heavy atom. The van der Waals surface area contributed by atoms with Crippen molar-refractivity contribution in [1.82, 2.24) is 14.9 Å². The summed E-state index contributed by atoms with van der Waals surface area (Å²) in [7, 11) is 0. The standard InChI is InChI=1S/C12H23N3/c1-5-12(3,4)10-13-6-8-15-9-7-14-11(15)2/h7,9,13H,5-6,8,10H2,1-4H3. The fraction of sp³-hybridized carbons (Fsp3) is 0.750. The van der Waals surface area contributed by atoms with Crippen LogP contribution in [0.1, 0.15) is 33.0 Å². The van der Waals surface area contributed by atoms with Gasteiger partial charge in [0.05, 0.1) is 0 Å². The summed E-state index contributed by atoms with van der Waals surface area (Å²) in [6.45, 7) is 12.0. The molecule has 0 unspecified atom stereocenters. The van der Waals surface area contributed by atoms with Gasteiger partial charge in [0.15, 0.2) is 0 Å². The summed E-state index contributed by atoms with van der Waals surface area (Å²) in [6, 6.07) is 0. The molecule has 0 aromatic carbocycles. The summed E-state index contributed by atoms with van der Waals surface area (Å²) < 4.78 is 2.17. The SMILES string of the molecule is CCC(C)(C)CNCCn1ccnc1C. The van der Waals surface area contributed by atoms with Gasteiger partial charge in [-0.05, 0) is 18.8 Å². The van der Waals surface area contributed by atoms with Crippen molar-refractivity contribution in [2.24, 2.45) is 5.41 Å². The molecule has 0 aliphatic rings. The van der Waals surface area contributed by atoms with Crippen LogP contribution in [0.5, 0.6) is 0 Å². The molecule has 86 valence electrons. The molecular weight excluding hydrogens is 186 g/mol. The van der Waals surface area contributed by atoms with Crippen molar-refractivity contribution in [2.45, 2.75) is 40.7 Å². The summed E-state index contributed by atoms with van der Waals surface area (Å²) in [6.07, 6.45) is 5.09. The number of hydrogen-bond donors (Lipinski definition) is 1. The molecule has 1 aromatic heterocycles. The van der Waals surface area contributed by atoms with E-state index in [0.29, 0.717) is 5.41 Å². The van der Waals surface area contributed by atoms with Crippen LogP contribution >= 0.6 is 0 Å². The zero-order valence-electron chi connectivity index (χ0n) is 10.4. The summed E-state index contributed by atoms with van der Waals surface area (Å²) in [5.74, 6) is 1.09. The zero-order chi connectivity index (χ0) is 11.3. The monoisotopic (exact) mass is 209 g/mol. The fourth-order valence-corrected chi connectivity index (χ4v) is 1.39. The highest BCUT2D eigenvalue weighted by atomic mass is 15.1. The Balaban J connectivity index is 2.20. The van der Waals surface area contributed by atoms with E-state index in [0.717, 1.165) is 25.5 Å². The minimum absolute atomic E-state index is 0.407. The summed E-state index contributed by atoms with van der Waals surface area (Å²) in [5, 5.41) is 3.49. The molecule has 0 aliphatic heterocycles. The van der Waals surface area contributed by atoms with Crippen molar-refractivity contribution in [1.29, 1.82) is 0 Å². The molecule has 0 radical (unpaired) electrons. The van der Waals surface area contributed by atoms with Crippen molar-refractivity contribution in [3.05, 3.63) is 18.2 Å². The molecule has 0 amide bonds. The number of hydrogen-bond acceptors (Lipinski definition) is 2. The van der Waals surface area contributed by atoms with Gasteiger partial charge in [-0.3, -0.25) is 0 Å². The predicted octanol–water partition coefficient (Wildman–Crippen LogP) is 2.22. The lowest BCUT2D eigenvalue weighted by Crippen LogP contribution is -2.31. The van der Waals surface area contributed by atoms with Crippen LogP contribution in [-0.4, -0.2) is 22.6 Å². The molecule has 1 heterocycles. The average molecular weight is 209 g/mol. The fourth-order valence-electron chi connectivity index (χ4n) is 1.39. The van der Waals surface area contributed by atoms with Gasteiger partial charge in [0.2, 0.25) is 0 Å². The maximum Gasteiger partial charge on any atom is 0.105 e. The molecule has 0 saturated heterocycles. The molecule has 1 rings (SSSR count). The number of nitrogens with zero attached hydrogens (tertiary/aromatic N) is 2. The Kier molecular flexibility index (Phi) is 4.33. The van der Waals surface area contributed by atoms with Crippen molar-refractivity contribution < 1.29 is 0 Å². The van der Waals surface area contributed by atoms with E-state index in [2.05, 4.69) is 35.6 Å². The molecule has 0 fully saturated rings. The lowest BCUT2D eigenvalue weighted by Gasteiger charge is -2.23. The van der Waals surface area contributed by atoms with Gasteiger partial charge in [-0.2, -0.15) is 0 Å². The number of aromatic nitrogens is 2. The molecule has 1 N–H and O–H groups in total. The molecule has 0 bridgehead atoms. The van der Waals surface area contributed by atoms with Gasteiger partial charge >= 0.3 is 0 Å². The second-order valence-electron chi connectivity index (χ2n) is 4.86. The van der Waals surface area contributed by atoms with Gasteiger partial charge in [-0.25, -0.2) is 4.98 Å². The molecule has 0 spiro atoms. The van der Waals surface area contributed by atoms with Crippen LogP contribution in [0.2, 0.25) is 0 Å². The van der Waals surface area contributed by atoms with Crippen LogP contribution in [0.4, 0.5) is 0 Å². The van der Waals surface area contributed by atoms with Crippen LogP contribution in [0, 0.1) is 12.3 Å². The summed E-state index contributed by atoms with van der Waals surface area (Å²) in [5.41, 5.74) is 0.407. The summed E-state index contributed by atoms with van der Waals surface area (Å²) >= 11 is 0. The van der Waals surface area contributed by atoms with Gasteiger partial charge in [-0.15, -0.1) is 0 Å². The Morgan fingerprint density at radius 2 is 2.20 bits per heavy atom. The van der Waals surface area contributed by atoms with Crippen LogP contribution in [0.3, 0.4) is 0 Å². The van der Waals surface area contributed by atoms with E-state index >= 15 is 0 Å². The lowest BCUT2D eigenvalue weighted by molar-refractivity contribution is 0.326. The first-order valence-corrected chi connectivity index (χ1v) is 5.73. The highest BCUT2D eigenvalue weighted by molar-refractivity contribution is 4.88. The van der Waals surface area contributed by atoms with E-state index in [1.165, 1.54) is 6.42 Å².